The molecule has 0 unspecified atom stereocenters. The molecule has 0 aliphatic heterocycles. The SMILES string of the molecule is COc1ccc(OCC(=O)Nc2cc(C)c(C)cc2[N+](=O)[O-])c([N+](=O)[O-])c1. The van der Waals surface area contributed by atoms with E-state index in [1.807, 2.05) is 0 Å². The smallest absolute Gasteiger partial charge is 0.314 e. The molecule has 0 fully saturated rings. The molecule has 2 aromatic carbocycles. The molecule has 1 amide bonds. The van der Waals surface area contributed by atoms with Gasteiger partial charge >= 0.3 is 5.69 Å². The Morgan fingerprint density at radius 3 is 2.26 bits per heavy atom. The molecule has 0 saturated carbocycles. The number of nitro benzene ring substituents is 2. The third-order valence-electron chi connectivity index (χ3n) is 3.80. The fourth-order valence-corrected chi connectivity index (χ4v) is 2.27. The van der Waals surface area contributed by atoms with Crippen molar-refractivity contribution in [2.75, 3.05) is 19.0 Å². The van der Waals surface area contributed by atoms with Gasteiger partial charge in [0, 0.05) is 6.07 Å². The van der Waals surface area contributed by atoms with Crippen molar-refractivity contribution in [1.82, 2.24) is 0 Å². The zero-order valence-corrected chi connectivity index (χ0v) is 14.8. The quantitative estimate of drug-likeness (QED) is 0.580. The molecule has 1 N–H and O–H groups in total. The summed E-state index contributed by atoms with van der Waals surface area (Å²) in [5, 5.41) is 24.7. The van der Waals surface area contributed by atoms with E-state index in [4.69, 9.17) is 9.47 Å². The third kappa shape index (κ3) is 4.69. The lowest BCUT2D eigenvalue weighted by molar-refractivity contribution is -0.385. The number of amides is 1. The molecule has 142 valence electrons. The number of nitro groups is 2. The van der Waals surface area contributed by atoms with Crippen molar-refractivity contribution in [3.05, 3.63) is 61.7 Å². The summed E-state index contributed by atoms with van der Waals surface area (Å²) in [6.45, 7) is 2.92. The highest BCUT2D eigenvalue weighted by Gasteiger charge is 2.20. The molecule has 0 heterocycles. The van der Waals surface area contributed by atoms with E-state index >= 15 is 0 Å². The van der Waals surface area contributed by atoms with E-state index in [1.54, 1.807) is 13.8 Å². The minimum atomic E-state index is -0.688. The van der Waals surface area contributed by atoms with Crippen LogP contribution in [-0.4, -0.2) is 29.5 Å². The van der Waals surface area contributed by atoms with Gasteiger partial charge in [-0.2, -0.15) is 0 Å². The second-order valence-electron chi connectivity index (χ2n) is 5.64. The van der Waals surface area contributed by atoms with Crippen molar-refractivity contribution in [3.8, 4) is 11.5 Å². The van der Waals surface area contributed by atoms with E-state index in [2.05, 4.69) is 5.32 Å². The summed E-state index contributed by atoms with van der Waals surface area (Å²) in [7, 11) is 1.36. The normalized spacial score (nSPS) is 10.2. The number of rotatable bonds is 7. The molecule has 0 aliphatic rings. The minimum absolute atomic E-state index is 0.0286. The van der Waals surface area contributed by atoms with Crippen LogP contribution in [0.5, 0.6) is 11.5 Å². The molecule has 0 bridgehead atoms. The van der Waals surface area contributed by atoms with E-state index in [-0.39, 0.29) is 28.6 Å². The first-order chi connectivity index (χ1) is 12.7. The van der Waals surface area contributed by atoms with Crippen LogP contribution >= 0.6 is 0 Å². The fourth-order valence-electron chi connectivity index (χ4n) is 2.27. The van der Waals surface area contributed by atoms with Crippen molar-refractivity contribution in [2.24, 2.45) is 0 Å². The van der Waals surface area contributed by atoms with Gasteiger partial charge in [-0.25, -0.2) is 0 Å². The first-order valence-electron chi connectivity index (χ1n) is 7.73. The number of hydrogen-bond acceptors (Lipinski definition) is 7. The van der Waals surface area contributed by atoms with Crippen LogP contribution in [0.3, 0.4) is 0 Å². The van der Waals surface area contributed by atoms with Crippen molar-refractivity contribution >= 4 is 23.0 Å². The van der Waals surface area contributed by atoms with Crippen LogP contribution in [0.4, 0.5) is 17.1 Å². The summed E-state index contributed by atoms with van der Waals surface area (Å²) >= 11 is 0. The van der Waals surface area contributed by atoms with Gasteiger partial charge in [-0.05, 0) is 43.2 Å². The molecule has 0 atom stereocenters. The first kappa shape index (κ1) is 19.6. The summed E-state index contributed by atoms with van der Waals surface area (Å²) in [5.74, 6) is -0.540. The lowest BCUT2D eigenvalue weighted by Gasteiger charge is -2.10. The van der Waals surface area contributed by atoms with Crippen molar-refractivity contribution < 1.29 is 24.1 Å². The predicted octanol–water partition coefficient (Wildman–Crippen LogP) is 3.15. The monoisotopic (exact) mass is 375 g/mol. The lowest BCUT2D eigenvalue weighted by Crippen LogP contribution is -2.21. The van der Waals surface area contributed by atoms with Gasteiger partial charge < -0.3 is 14.8 Å². The fraction of sp³-hybridized carbons (Fsp3) is 0.235. The van der Waals surface area contributed by atoms with Crippen LogP contribution in [0.25, 0.3) is 0 Å². The molecular weight excluding hydrogens is 358 g/mol. The largest absolute Gasteiger partial charge is 0.496 e. The van der Waals surface area contributed by atoms with Gasteiger partial charge in [0.05, 0.1) is 23.0 Å². The van der Waals surface area contributed by atoms with Gasteiger partial charge in [0.1, 0.15) is 11.4 Å². The second-order valence-corrected chi connectivity index (χ2v) is 5.64. The topological polar surface area (TPSA) is 134 Å². The number of methoxy groups -OCH3 is 1. The predicted molar refractivity (Wildman–Crippen MR) is 96.3 cm³/mol. The average Bonchev–Trinajstić information content (AvgIpc) is 2.62. The summed E-state index contributed by atoms with van der Waals surface area (Å²) in [6, 6.07) is 6.78. The molecule has 2 aromatic rings. The Hall–Kier alpha value is -3.69. The van der Waals surface area contributed by atoms with E-state index < -0.39 is 22.4 Å². The number of hydrogen-bond donors (Lipinski definition) is 1. The van der Waals surface area contributed by atoms with Crippen LogP contribution in [0.15, 0.2) is 30.3 Å². The second kappa shape index (κ2) is 8.13. The Balaban J connectivity index is 2.15. The van der Waals surface area contributed by atoms with Gasteiger partial charge in [0.2, 0.25) is 0 Å². The summed E-state index contributed by atoms with van der Waals surface area (Å²) < 4.78 is 10.1. The first-order valence-corrected chi connectivity index (χ1v) is 7.73. The standard InChI is InChI=1S/C17H17N3O7/c1-10-6-13(14(19(22)23)7-11(10)2)18-17(21)9-27-16-5-4-12(26-3)8-15(16)20(24)25/h4-8H,9H2,1-3H3,(H,18,21). The Labute approximate surface area is 154 Å². The number of nitrogens with one attached hydrogen (secondary N) is 1. The van der Waals surface area contributed by atoms with Crippen LogP contribution in [0.1, 0.15) is 11.1 Å². The van der Waals surface area contributed by atoms with E-state index in [1.165, 1.54) is 37.4 Å². The number of carbonyl (C=O) groups excluding carboxylic acids is 1. The molecule has 10 heteroatoms. The minimum Gasteiger partial charge on any atom is -0.496 e. The maximum absolute atomic E-state index is 12.1. The van der Waals surface area contributed by atoms with Crippen LogP contribution in [0.2, 0.25) is 0 Å². The van der Waals surface area contributed by atoms with Crippen LogP contribution < -0.4 is 14.8 Å². The molecule has 2 rings (SSSR count). The highest BCUT2D eigenvalue weighted by atomic mass is 16.6. The highest BCUT2D eigenvalue weighted by Crippen LogP contribution is 2.31. The van der Waals surface area contributed by atoms with Gasteiger partial charge in [-0.3, -0.25) is 25.0 Å². The van der Waals surface area contributed by atoms with Gasteiger partial charge in [-0.1, -0.05) is 0 Å². The Bertz CT molecular complexity index is 912. The zero-order chi connectivity index (χ0) is 20.1. The molecule has 0 aliphatic carbocycles. The third-order valence-corrected chi connectivity index (χ3v) is 3.80. The van der Waals surface area contributed by atoms with E-state index in [9.17, 15) is 25.0 Å². The number of aryl methyl sites for hydroxylation is 2. The molecule has 10 nitrogen and oxygen atoms in total. The van der Waals surface area contributed by atoms with E-state index in [0.29, 0.717) is 5.56 Å². The van der Waals surface area contributed by atoms with Crippen LogP contribution in [-0.2, 0) is 4.79 Å². The Morgan fingerprint density at radius 2 is 1.67 bits per heavy atom. The summed E-state index contributed by atoms with van der Waals surface area (Å²) in [6.07, 6.45) is 0. The molecule has 0 saturated heterocycles. The zero-order valence-electron chi connectivity index (χ0n) is 14.8. The van der Waals surface area contributed by atoms with Gasteiger partial charge in [-0.15, -0.1) is 0 Å². The number of anilines is 1. The van der Waals surface area contributed by atoms with Gasteiger partial charge in [0.15, 0.2) is 12.4 Å². The Kier molecular flexibility index (Phi) is 5.91. The maximum atomic E-state index is 12.1. The molecule has 27 heavy (non-hydrogen) atoms. The number of nitrogens with zero attached hydrogens (tertiary/aromatic N) is 2. The Morgan fingerprint density at radius 1 is 1.04 bits per heavy atom. The average molecular weight is 375 g/mol. The van der Waals surface area contributed by atoms with Crippen molar-refractivity contribution in [2.45, 2.75) is 13.8 Å². The van der Waals surface area contributed by atoms with Crippen LogP contribution in [0, 0.1) is 34.1 Å². The lowest BCUT2D eigenvalue weighted by atomic mass is 10.1. The maximum Gasteiger partial charge on any atom is 0.314 e. The molecular formula is C17H17N3O7. The van der Waals surface area contributed by atoms with Gasteiger partial charge in [0.25, 0.3) is 11.6 Å². The number of benzene rings is 2. The van der Waals surface area contributed by atoms with Crippen molar-refractivity contribution in [1.29, 1.82) is 0 Å². The molecule has 0 aromatic heterocycles. The number of carbonyl (C=O) groups is 1. The summed E-state index contributed by atoms with van der Waals surface area (Å²) in [5.41, 5.74) is 0.898. The van der Waals surface area contributed by atoms with Crippen molar-refractivity contribution in [3.63, 3.8) is 0 Å². The molecule has 0 radical (unpaired) electrons. The molecule has 0 spiro atoms. The number of ether oxygens (including phenoxy) is 2. The summed E-state index contributed by atoms with van der Waals surface area (Å²) in [4.78, 5) is 33.1. The highest BCUT2D eigenvalue weighted by molar-refractivity contribution is 5.94. The van der Waals surface area contributed by atoms with E-state index in [0.717, 1.165) is 5.56 Å².